The Morgan fingerprint density at radius 1 is 0.625 bits per heavy atom. The average Bonchev–Trinajstić information content (AvgIpc) is 2.77. The largest absolute Gasteiger partial charge is 0.481 e. The molecular formula is C29H58O3. The molecule has 0 aliphatic rings. The van der Waals surface area contributed by atoms with Gasteiger partial charge in [0.15, 0.2) is 0 Å². The Bertz CT molecular complexity index is 383. The Hall–Kier alpha value is -0.570. The van der Waals surface area contributed by atoms with Crippen molar-refractivity contribution in [3.63, 3.8) is 0 Å². The second-order valence-electron chi connectivity index (χ2n) is 10.1. The molecule has 0 spiro atoms. The van der Waals surface area contributed by atoms with E-state index in [0.717, 1.165) is 19.4 Å². The van der Waals surface area contributed by atoms with Gasteiger partial charge in [0.1, 0.15) is 0 Å². The monoisotopic (exact) mass is 454 g/mol. The molecule has 0 saturated heterocycles. The Morgan fingerprint density at radius 3 is 1.59 bits per heavy atom. The van der Waals surface area contributed by atoms with Crippen molar-refractivity contribution in [2.24, 2.45) is 5.92 Å². The molecule has 3 heteroatoms. The standard InChI is InChI=1S/C29H58O3/c1-4-6-8-10-12-13-18-22-26-32-28(24-20-16-11-9-7-5-2)27(3)23-19-15-14-17-21-25-29(30)31/h27-28H,4-26H2,1-3H3,(H,30,31). The van der Waals surface area contributed by atoms with Crippen molar-refractivity contribution in [2.75, 3.05) is 6.61 Å². The quantitative estimate of drug-likeness (QED) is 0.132. The van der Waals surface area contributed by atoms with Gasteiger partial charge in [-0.05, 0) is 31.6 Å². The van der Waals surface area contributed by atoms with Crippen LogP contribution in [0.5, 0.6) is 0 Å². The molecule has 32 heavy (non-hydrogen) atoms. The Balaban J connectivity index is 4.03. The highest BCUT2D eigenvalue weighted by Gasteiger charge is 2.17. The summed E-state index contributed by atoms with van der Waals surface area (Å²) in [5.41, 5.74) is 0. The highest BCUT2D eigenvalue weighted by molar-refractivity contribution is 5.66. The van der Waals surface area contributed by atoms with E-state index in [0.29, 0.717) is 18.4 Å². The first-order chi connectivity index (χ1) is 15.6. The predicted octanol–water partition coefficient (Wildman–Crippen LogP) is 9.71. The van der Waals surface area contributed by atoms with E-state index < -0.39 is 5.97 Å². The van der Waals surface area contributed by atoms with E-state index in [4.69, 9.17) is 9.84 Å². The van der Waals surface area contributed by atoms with E-state index in [1.54, 1.807) is 0 Å². The highest BCUT2D eigenvalue weighted by atomic mass is 16.5. The van der Waals surface area contributed by atoms with Gasteiger partial charge in [-0.3, -0.25) is 4.79 Å². The van der Waals surface area contributed by atoms with Crippen molar-refractivity contribution < 1.29 is 14.6 Å². The summed E-state index contributed by atoms with van der Waals surface area (Å²) < 4.78 is 6.43. The predicted molar refractivity (Wildman–Crippen MR) is 139 cm³/mol. The normalized spacial score (nSPS) is 13.3. The molecule has 192 valence electrons. The van der Waals surface area contributed by atoms with Gasteiger partial charge in [0.05, 0.1) is 6.10 Å². The van der Waals surface area contributed by atoms with Gasteiger partial charge in [-0.1, -0.05) is 130 Å². The van der Waals surface area contributed by atoms with Crippen LogP contribution in [-0.4, -0.2) is 23.8 Å². The van der Waals surface area contributed by atoms with Crippen LogP contribution in [-0.2, 0) is 9.53 Å². The first-order valence-electron chi connectivity index (χ1n) is 14.4. The molecular weight excluding hydrogens is 396 g/mol. The van der Waals surface area contributed by atoms with Crippen molar-refractivity contribution in [1.82, 2.24) is 0 Å². The number of aliphatic carboxylic acids is 1. The molecule has 0 saturated carbocycles. The molecule has 2 atom stereocenters. The summed E-state index contributed by atoms with van der Waals surface area (Å²) in [6, 6.07) is 0. The Morgan fingerprint density at radius 2 is 1.06 bits per heavy atom. The van der Waals surface area contributed by atoms with Crippen LogP contribution in [0.15, 0.2) is 0 Å². The number of carboxylic acids is 1. The molecule has 0 heterocycles. The van der Waals surface area contributed by atoms with E-state index in [9.17, 15) is 4.79 Å². The molecule has 0 fully saturated rings. The van der Waals surface area contributed by atoms with E-state index in [1.165, 1.54) is 122 Å². The second kappa shape index (κ2) is 25.1. The van der Waals surface area contributed by atoms with Crippen LogP contribution in [0.25, 0.3) is 0 Å². The van der Waals surface area contributed by atoms with Crippen LogP contribution in [0.3, 0.4) is 0 Å². The molecule has 0 aromatic carbocycles. The number of hydrogen-bond donors (Lipinski definition) is 1. The van der Waals surface area contributed by atoms with Gasteiger partial charge in [-0.15, -0.1) is 0 Å². The van der Waals surface area contributed by atoms with Crippen LogP contribution in [0.1, 0.15) is 162 Å². The van der Waals surface area contributed by atoms with Crippen LogP contribution >= 0.6 is 0 Å². The van der Waals surface area contributed by atoms with Crippen molar-refractivity contribution in [3.8, 4) is 0 Å². The number of carboxylic acid groups (broad SMARTS) is 1. The molecule has 0 rings (SSSR count). The van der Waals surface area contributed by atoms with Gasteiger partial charge in [0.25, 0.3) is 0 Å². The molecule has 1 N–H and O–H groups in total. The lowest BCUT2D eigenvalue weighted by Gasteiger charge is -2.25. The average molecular weight is 455 g/mol. The first-order valence-corrected chi connectivity index (χ1v) is 14.4. The van der Waals surface area contributed by atoms with Gasteiger partial charge in [0, 0.05) is 13.0 Å². The lowest BCUT2D eigenvalue weighted by Crippen LogP contribution is -2.23. The van der Waals surface area contributed by atoms with Crippen LogP contribution in [0.4, 0.5) is 0 Å². The molecule has 0 aromatic rings. The fourth-order valence-corrected chi connectivity index (χ4v) is 4.59. The van der Waals surface area contributed by atoms with Crippen molar-refractivity contribution in [2.45, 2.75) is 168 Å². The van der Waals surface area contributed by atoms with Gasteiger partial charge < -0.3 is 9.84 Å². The summed E-state index contributed by atoms with van der Waals surface area (Å²) in [6.07, 6.45) is 27.7. The highest BCUT2D eigenvalue weighted by Crippen LogP contribution is 2.23. The van der Waals surface area contributed by atoms with Crippen molar-refractivity contribution in [1.29, 1.82) is 0 Å². The fourth-order valence-electron chi connectivity index (χ4n) is 4.59. The van der Waals surface area contributed by atoms with Gasteiger partial charge in [0.2, 0.25) is 0 Å². The molecule has 0 bridgehead atoms. The minimum Gasteiger partial charge on any atom is -0.481 e. The molecule has 0 amide bonds. The third-order valence-electron chi connectivity index (χ3n) is 6.86. The van der Waals surface area contributed by atoms with Gasteiger partial charge in [-0.25, -0.2) is 0 Å². The lowest BCUT2D eigenvalue weighted by atomic mass is 9.93. The Kier molecular flexibility index (Phi) is 24.6. The summed E-state index contributed by atoms with van der Waals surface area (Å²) in [7, 11) is 0. The second-order valence-corrected chi connectivity index (χ2v) is 10.1. The van der Waals surface area contributed by atoms with Gasteiger partial charge >= 0.3 is 5.97 Å². The topological polar surface area (TPSA) is 46.5 Å². The third-order valence-corrected chi connectivity index (χ3v) is 6.86. The zero-order valence-corrected chi connectivity index (χ0v) is 22.2. The smallest absolute Gasteiger partial charge is 0.303 e. The van der Waals surface area contributed by atoms with Crippen LogP contribution in [0, 0.1) is 5.92 Å². The Labute approximate surface area is 201 Å². The van der Waals surface area contributed by atoms with Crippen molar-refractivity contribution in [3.05, 3.63) is 0 Å². The SMILES string of the molecule is CCCCCCCCCCOC(CCCCCCCC)C(C)CCCCCCCC(=O)O. The van der Waals surface area contributed by atoms with Crippen LogP contribution < -0.4 is 0 Å². The number of rotatable bonds is 26. The van der Waals surface area contributed by atoms with E-state index in [-0.39, 0.29) is 0 Å². The summed E-state index contributed by atoms with van der Waals surface area (Å²) in [5, 5.41) is 8.73. The third kappa shape index (κ3) is 22.6. The molecule has 0 radical (unpaired) electrons. The maximum absolute atomic E-state index is 10.6. The summed E-state index contributed by atoms with van der Waals surface area (Å²) in [6.45, 7) is 7.89. The van der Waals surface area contributed by atoms with Gasteiger partial charge in [-0.2, -0.15) is 0 Å². The molecule has 0 aliphatic carbocycles. The summed E-state index contributed by atoms with van der Waals surface area (Å²) >= 11 is 0. The maximum Gasteiger partial charge on any atom is 0.303 e. The maximum atomic E-state index is 10.6. The summed E-state index contributed by atoms with van der Waals surface area (Å²) in [5.74, 6) is -0.0245. The lowest BCUT2D eigenvalue weighted by molar-refractivity contribution is -0.137. The van der Waals surface area contributed by atoms with Crippen molar-refractivity contribution >= 4 is 5.97 Å². The minimum atomic E-state index is -0.662. The van der Waals surface area contributed by atoms with E-state index in [2.05, 4.69) is 20.8 Å². The molecule has 0 aromatic heterocycles. The summed E-state index contributed by atoms with van der Waals surface area (Å²) in [4.78, 5) is 10.6. The number of carbonyl (C=O) groups is 1. The number of unbranched alkanes of at least 4 members (excludes halogenated alkanes) is 16. The number of hydrogen-bond acceptors (Lipinski definition) is 2. The fraction of sp³-hybridized carbons (Fsp3) is 0.966. The molecule has 0 aliphatic heterocycles. The number of ether oxygens (including phenoxy) is 1. The zero-order valence-electron chi connectivity index (χ0n) is 22.2. The van der Waals surface area contributed by atoms with E-state index >= 15 is 0 Å². The minimum absolute atomic E-state index is 0.323. The molecule has 2 unspecified atom stereocenters. The van der Waals surface area contributed by atoms with Crippen LogP contribution in [0.2, 0.25) is 0 Å². The molecule has 3 nitrogen and oxygen atoms in total. The zero-order chi connectivity index (χ0) is 23.7. The van der Waals surface area contributed by atoms with E-state index in [1.807, 2.05) is 0 Å². The first kappa shape index (κ1) is 31.4.